The van der Waals surface area contributed by atoms with E-state index in [2.05, 4.69) is 15.3 Å². The van der Waals surface area contributed by atoms with Crippen LogP contribution in [0.5, 0.6) is 17.4 Å². The molecule has 0 atom stereocenters. The van der Waals surface area contributed by atoms with Gasteiger partial charge in [-0.1, -0.05) is 11.8 Å². The lowest BCUT2D eigenvalue weighted by atomic mass is 10.2. The van der Waals surface area contributed by atoms with Gasteiger partial charge in [-0.15, -0.1) is 15.3 Å². The summed E-state index contributed by atoms with van der Waals surface area (Å²) in [6, 6.07) is 5.84. The fourth-order valence-electron chi connectivity index (χ4n) is 3.04. The van der Waals surface area contributed by atoms with E-state index in [9.17, 15) is 0 Å². The minimum atomic E-state index is 0.527. The summed E-state index contributed by atoms with van der Waals surface area (Å²) in [7, 11) is 4.97. The summed E-state index contributed by atoms with van der Waals surface area (Å²) in [5, 5.41) is 14.2. The third-order valence-electron chi connectivity index (χ3n) is 4.59. The molecule has 0 aliphatic rings. The van der Waals surface area contributed by atoms with Gasteiger partial charge in [-0.3, -0.25) is 9.25 Å². The third-order valence-corrected chi connectivity index (χ3v) is 5.63. The van der Waals surface area contributed by atoms with Crippen molar-refractivity contribution in [3.8, 4) is 28.8 Å². The molecule has 31 heavy (non-hydrogen) atoms. The summed E-state index contributed by atoms with van der Waals surface area (Å²) >= 11 is 1.59. The van der Waals surface area contributed by atoms with Gasteiger partial charge < -0.3 is 18.9 Å². The maximum Gasteiger partial charge on any atom is 0.243 e. The fourth-order valence-corrected chi connectivity index (χ4v) is 3.93. The maximum absolute atomic E-state index is 5.74. The number of benzene rings is 1. The standard InChI is InChI=1S/C21H29N5O4S/c1-6-25-13-18(20(24-25)30-7-2)19-22-23-21(26(19)8-9-27-3)31-14-15-10-16(28-4)12-17(11-15)29-5/h10-13H,6-9,14H2,1-5H3. The van der Waals surface area contributed by atoms with Crippen molar-refractivity contribution < 1.29 is 18.9 Å². The molecule has 2 heterocycles. The van der Waals surface area contributed by atoms with Crippen LogP contribution in [-0.2, 0) is 23.6 Å². The molecule has 0 aliphatic carbocycles. The van der Waals surface area contributed by atoms with Crippen LogP contribution in [0.2, 0.25) is 0 Å². The van der Waals surface area contributed by atoms with Gasteiger partial charge in [-0.25, -0.2) is 0 Å². The van der Waals surface area contributed by atoms with Gasteiger partial charge in [0.25, 0.3) is 0 Å². The van der Waals surface area contributed by atoms with Crippen molar-refractivity contribution in [3.05, 3.63) is 30.0 Å². The van der Waals surface area contributed by atoms with E-state index in [0.717, 1.165) is 34.3 Å². The SMILES string of the molecule is CCOc1nn(CC)cc1-c1nnc(SCc2cc(OC)cc(OC)c2)n1CCOC. The molecule has 0 radical (unpaired) electrons. The lowest BCUT2D eigenvalue weighted by molar-refractivity contribution is 0.185. The molecule has 10 heteroatoms. The molecule has 3 rings (SSSR count). The van der Waals surface area contributed by atoms with E-state index in [1.54, 1.807) is 33.1 Å². The molecule has 0 fully saturated rings. The first-order valence-corrected chi connectivity index (χ1v) is 11.1. The number of aromatic nitrogens is 5. The van der Waals surface area contributed by atoms with Crippen molar-refractivity contribution in [2.24, 2.45) is 0 Å². The van der Waals surface area contributed by atoms with Crippen LogP contribution in [0.4, 0.5) is 0 Å². The van der Waals surface area contributed by atoms with Gasteiger partial charge in [-0.2, -0.15) is 0 Å². The monoisotopic (exact) mass is 447 g/mol. The first-order valence-electron chi connectivity index (χ1n) is 10.1. The first-order chi connectivity index (χ1) is 15.1. The second kappa shape index (κ2) is 11.1. The Hall–Kier alpha value is -2.72. The van der Waals surface area contributed by atoms with Crippen LogP contribution in [0.15, 0.2) is 29.6 Å². The Morgan fingerprint density at radius 3 is 2.35 bits per heavy atom. The minimum absolute atomic E-state index is 0.527. The molecule has 0 N–H and O–H groups in total. The van der Waals surface area contributed by atoms with Crippen molar-refractivity contribution in [1.29, 1.82) is 0 Å². The fraction of sp³-hybridized carbons (Fsp3) is 0.476. The summed E-state index contributed by atoms with van der Waals surface area (Å²) in [6.07, 6.45) is 1.94. The highest BCUT2D eigenvalue weighted by Gasteiger charge is 2.21. The van der Waals surface area contributed by atoms with Gasteiger partial charge in [0.15, 0.2) is 11.0 Å². The van der Waals surface area contributed by atoms with E-state index in [1.165, 1.54) is 0 Å². The minimum Gasteiger partial charge on any atom is -0.497 e. The largest absolute Gasteiger partial charge is 0.497 e. The Morgan fingerprint density at radius 1 is 1.00 bits per heavy atom. The van der Waals surface area contributed by atoms with Gasteiger partial charge in [0, 0.05) is 31.7 Å². The van der Waals surface area contributed by atoms with Crippen LogP contribution in [-0.4, -0.2) is 59.1 Å². The van der Waals surface area contributed by atoms with Crippen LogP contribution in [0, 0.1) is 0 Å². The molecule has 9 nitrogen and oxygen atoms in total. The Balaban J connectivity index is 1.90. The maximum atomic E-state index is 5.74. The van der Waals surface area contributed by atoms with E-state index in [-0.39, 0.29) is 0 Å². The van der Waals surface area contributed by atoms with Crippen molar-refractivity contribution in [1.82, 2.24) is 24.5 Å². The number of thioether (sulfide) groups is 1. The Bertz CT molecular complexity index is 966. The van der Waals surface area contributed by atoms with Gasteiger partial charge in [0.1, 0.15) is 17.1 Å². The molecule has 0 unspecified atom stereocenters. The molecule has 0 amide bonds. The lowest BCUT2D eigenvalue weighted by Crippen LogP contribution is -2.08. The molecule has 0 saturated heterocycles. The smallest absolute Gasteiger partial charge is 0.243 e. The molecule has 0 aliphatic heterocycles. The van der Waals surface area contributed by atoms with Crippen LogP contribution in [0.1, 0.15) is 19.4 Å². The zero-order valence-electron chi connectivity index (χ0n) is 18.6. The highest BCUT2D eigenvalue weighted by Crippen LogP contribution is 2.32. The van der Waals surface area contributed by atoms with Crippen LogP contribution in [0.3, 0.4) is 0 Å². The van der Waals surface area contributed by atoms with Crippen LogP contribution >= 0.6 is 11.8 Å². The summed E-state index contributed by atoms with van der Waals surface area (Å²) in [6.45, 7) is 6.40. The van der Waals surface area contributed by atoms with Crippen molar-refractivity contribution in [2.75, 3.05) is 34.5 Å². The number of aryl methyl sites for hydroxylation is 1. The summed E-state index contributed by atoms with van der Waals surface area (Å²) in [4.78, 5) is 0. The number of hydrogen-bond acceptors (Lipinski definition) is 8. The second-order valence-electron chi connectivity index (χ2n) is 6.60. The predicted molar refractivity (Wildman–Crippen MR) is 119 cm³/mol. The van der Waals surface area contributed by atoms with Gasteiger partial charge >= 0.3 is 0 Å². The molecule has 2 aromatic heterocycles. The molecule has 0 bridgehead atoms. The van der Waals surface area contributed by atoms with Crippen LogP contribution in [0.25, 0.3) is 11.4 Å². The highest BCUT2D eigenvalue weighted by atomic mass is 32.2. The number of hydrogen-bond donors (Lipinski definition) is 0. The van der Waals surface area contributed by atoms with E-state index in [1.807, 2.05) is 47.5 Å². The van der Waals surface area contributed by atoms with Gasteiger partial charge in [-0.05, 0) is 31.5 Å². The zero-order chi connectivity index (χ0) is 22.2. The summed E-state index contributed by atoms with van der Waals surface area (Å²) in [5.41, 5.74) is 1.89. The van der Waals surface area contributed by atoms with Crippen molar-refractivity contribution >= 4 is 11.8 Å². The Morgan fingerprint density at radius 2 is 1.74 bits per heavy atom. The quantitative estimate of drug-likeness (QED) is 0.390. The average molecular weight is 448 g/mol. The van der Waals surface area contributed by atoms with Crippen molar-refractivity contribution in [2.45, 2.75) is 37.8 Å². The molecule has 0 spiro atoms. The lowest BCUT2D eigenvalue weighted by Gasteiger charge is -2.11. The highest BCUT2D eigenvalue weighted by molar-refractivity contribution is 7.98. The van der Waals surface area contributed by atoms with Gasteiger partial charge in [0.05, 0.1) is 34.0 Å². The predicted octanol–water partition coefficient (Wildman–Crippen LogP) is 3.52. The topological polar surface area (TPSA) is 85.5 Å². The number of ether oxygens (including phenoxy) is 4. The summed E-state index contributed by atoms with van der Waals surface area (Å²) < 4.78 is 25.7. The normalized spacial score (nSPS) is 11.0. The number of nitrogens with zero attached hydrogens (tertiary/aromatic N) is 5. The van der Waals surface area contributed by atoms with Gasteiger partial charge in [0.2, 0.25) is 5.88 Å². The first kappa shape index (κ1) is 23.0. The number of methoxy groups -OCH3 is 3. The molecule has 0 saturated carbocycles. The molecule has 168 valence electrons. The Labute approximate surface area is 186 Å². The second-order valence-corrected chi connectivity index (χ2v) is 7.54. The number of rotatable bonds is 12. The van der Waals surface area contributed by atoms with E-state index in [4.69, 9.17) is 18.9 Å². The van der Waals surface area contributed by atoms with E-state index < -0.39 is 0 Å². The summed E-state index contributed by atoms with van der Waals surface area (Å²) in [5.74, 6) is 3.47. The van der Waals surface area contributed by atoms with E-state index >= 15 is 0 Å². The molecular weight excluding hydrogens is 418 g/mol. The van der Waals surface area contributed by atoms with Crippen molar-refractivity contribution in [3.63, 3.8) is 0 Å². The average Bonchev–Trinajstić information content (AvgIpc) is 3.39. The van der Waals surface area contributed by atoms with Crippen LogP contribution < -0.4 is 14.2 Å². The zero-order valence-corrected chi connectivity index (χ0v) is 19.4. The molecule has 3 aromatic rings. The third kappa shape index (κ3) is 5.50. The molecular formula is C21H29N5O4S. The molecule has 1 aromatic carbocycles. The Kier molecular flexibility index (Phi) is 8.19. The van der Waals surface area contributed by atoms with E-state index in [0.29, 0.717) is 37.2 Å².